The largest absolute Gasteiger partial charge is 0.481 e. The number of carbonyl (C=O) groups excluding carboxylic acids is 1. The maximum atomic E-state index is 12.4. The Balaban J connectivity index is 2.06. The summed E-state index contributed by atoms with van der Waals surface area (Å²) in [5.74, 6) is 0.962. The summed E-state index contributed by atoms with van der Waals surface area (Å²) in [5.41, 5.74) is 10.5. The fourth-order valence-electron chi connectivity index (χ4n) is 2.64. The molecule has 2 aromatic rings. The van der Waals surface area contributed by atoms with E-state index in [0.717, 1.165) is 5.56 Å². The molecular weight excluding hydrogens is 300 g/mol. The standard InChI is InChI=1S/C20H26N2O2/c1-12(2)18-9-8-17(10-14(18)4)24-15(5)20(23)22-19-11-16(21)7-6-13(19)3/h6-12,15H,21H2,1-5H3,(H,22,23). The fraction of sp³-hybridized carbons (Fsp3) is 0.350. The van der Waals surface area contributed by atoms with Gasteiger partial charge in [-0.2, -0.15) is 0 Å². The molecule has 0 saturated carbocycles. The third-order valence-electron chi connectivity index (χ3n) is 4.06. The molecule has 0 spiro atoms. The summed E-state index contributed by atoms with van der Waals surface area (Å²) in [6, 6.07) is 11.4. The molecule has 2 aromatic carbocycles. The zero-order valence-electron chi connectivity index (χ0n) is 15.0. The van der Waals surface area contributed by atoms with Crippen molar-refractivity contribution in [1.29, 1.82) is 0 Å². The monoisotopic (exact) mass is 326 g/mol. The molecule has 0 fully saturated rings. The summed E-state index contributed by atoms with van der Waals surface area (Å²) in [6.45, 7) is 10.0. The molecule has 0 saturated heterocycles. The number of hydrogen-bond donors (Lipinski definition) is 2. The molecule has 0 heterocycles. The first-order valence-electron chi connectivity index (χ1n) is 8.22. The van der Waals surface area contributed by atoms with Crippen molar-refractivity contribution >= 4 is 17.3 Å². The quantitative estimate of drug-likeness (QED) is 0.800. The third-order valence-corrected chi connectivity index (χ3v) is 4.06. The van der Waals surface area contributed by atoms with Crippen molar-refractivity contribution in [1.82, 2.24) is 0 Å². The van der Waals surface area contributed by atoms with Gasteiger partial charge in [0.1, 0.15) is 5.75 Å². The lowest BCUT2D eigenvalue weighted by atomic mass is 9.98. The van der Waals surface area contributed by atoms with E-state index in [0.29, 0.717) is 23.0 Å². The maximum Gasteiger partial charge on any atom is 0.265 e. The van der Waals surface area contributed by atoms with Crippen LogP contribution in [0.5, 0.6) is 5.75 Å². The van der Waals surface area contributed by atoms with Crippen molar-refractivity contribution in [3.63, 3.8) is 0 Å². The fourth-order valence-corrected chi connectivity index (χ4v) is 2.64. The minimum absolute atomic E-state index is 0.200. The number of aryl methyl sites for hydroxylation is 2. The van der Waals surface area contributed by atoms with E-state index in [-0.39, 0.29) is 5.91 Å². The lowest BCUT2D eigenvalue weighted by molar-refractivity contribution is -0.122. The van der Waals surface area contributed by atoms with Gasteiger partial charge in [0, 0.05) is 11.4 Å². The zero-order chi connectivity index (χ0) is 17.9. The molecule has 1 atom stereocenters. The van der Waals surface area contributed by atoms with Gasteiger partial charge in [-0.1, -0.05) is 26.0 Å². The van der Waals surface area contributed by atoms with Gasteiger partial charge < -0.3 is 15.8 Å². The Bertz CT molecular complexity index is 738. The molecule has 2 rings (SSSR count). The van der Waals surface area contributed by atoms with Crippen LogP contribution in [0.25, 0.3) is 0 Å². The molecule has 1 amide bonds. The second-order valence-electron chi connectivity index (χ2n) is 6.50. The van der Waals surface area contributed by atoms with Crippen LogP contribution in [0.2, 0.25) is 0 Å². The van der Waals surface area contributed by atoms with Crippen molar-refractivity contribution in [3.05, 3.63) is 53.1 Å². The van der Waals surface area contributed by atoms with Crippen LogP contribution < -0.4 is 15.8 Å². The summed E-state index contributed by atoms with van der Waals surface area (Å²) in [7, 11) is 0. The number of carbonyl (C=O) groups is 1. The van der Waals surface area contributed by atoms with Crippen LogP contribution >= 0.6 is 0 Å². The van der Waals surface area contributed by atoms with Gasteiger partial charge in [0.05, 0.1) is 0 Å². The van der Waals surface area contributed by atoms with Gasteiger partial charge in [-0.3, -0.25) is 4.79 Å². The highest BCUT2D eigenvalue weighted by molar-refractivity contribution is 5.95. The molecule has 128 valence electrons. The molecule has 0 aromatic heterocycles. The third kappa shape index (κ3) is 4.28. The number of amides is 1. The van der Waals surface area contributed by atoms with Gasteiger partial charge >= 0.3 is 0 Å². The highest BCUT2D eigenvalue weighted by atomic mass is 16.5. The van der Waals surface area contributed by atoms with Crippen molar-refractivity contribution in [2.75, 3.05) is 11.1 Å². The molecule has 1 unspecified atom stereocenters. The Hall–Kier alpha value is -2.49. The highest BCUT2D eigenvalue weighted by Gasteiger charge is 2.16. The molecule has 4 heteroatoms. The number of nitrogens with two attached hydrogens (primary N) is 1. The summed E-state index contributed by atoms with van der Waals surface area (Å²) in [5, 5.41) is 2.87. The second-order valence-corrected chi connectivity index (χ2v) is 6.50. The van der Waals surface area contributed by atoms with E-state index in [9.17, 15) is 4.79 Å². The van der Waals surface area contributed by atoms with Gasteiger partial charge in [0.25, 0.3) is 5.91 Å². The van der Waals surface area contributed by atoms with Gasteiger partial charge in [-0.15, -0.1) is 0 Å². The summed E-state index contributed by atoms with van der Waals surface area (Å²) >= 11 is 0. The maximum absolute atomic E-state index is 12.4. The first-order valence-corrected chi connectivity index (χ1v) is 8.22. The molecule has 24 heavy (non-hydrogen) atoms. The average Bonchev–Trinajstić information content (AvgIpc) is 2.50. The van der Waals surface area contributed by atoms with E-state index >= 15 is 0 Å². The molecule has 0 aliphatic carbocycles. The van der Waals surface area contributed by atoms with Crippen molar-refractivity contribution in [2.45, 2.75) is 46.6 Å². The van der Waals surface area contributed by atoms with Gasteiger partial charge in [0.15, 0.2) is 6.10 Å². The molecule has 3 N–H and O–H groups in total. The average molecular weight is 326 g/mol. The van der Waals surface area contributed by atoms with E-state index in [1.54, 1.807) is 13.0 Å². The van der Waals surface area contributed by atoms with Crippen molar-refractivity contribution in [2.24, 2.45) is 0 Å². The van der Waals surface area contributed by atoms with E-state index in [1.165, 1.54) is 11.1 Å². The number of nitrogens with one attached hydrogen (secondary N) is 1. The number of rotatable bonds is 5. The lowest BCUT2D eigenvalue weighted by Gasteiger charge is -2.17. The van der Waals surface area contributed by atoms with Crippen LogP contribution in [0.1, 0.15) is 43.4 Å². The van der Waals surface area contributed by atoms with E-state index < -0.39 is 6.10 Å². The molecular formula is C20H26N2O2. The smallest absolute Gasteiger partial charge is 0.265 e. The lowest BCUT2D eigenvalue weighted by Crippen LogP contribution is -2.30. The Kier molecular flexibility index (Phi) is 5.50. The van der Waals surface area contributed by atoms with Crippen LogP contribution in [0.15, 0.2) is 36.4 Å². The van der Waals surface area contributed by atoms with E-state index in [4.69, 9.17) is 10.5 Å². The van der Waals surface area contributed by atoms with Crippen LogP contribution in [0.3, 0.4) is 0 Å². The number of nitrogen functional groups attached to an aromatic ring is 1. The Morgan fingerprint density at radius 3 is 2.38 bits per heavy atom. The predicted molar refractivity (Wildman–Crippen MR) is 99.6 cm³/mol. The van der Waals surface area contributed by atoms with Crippen LogP contribution in [-0.4, -0.2) is 12.0 Å². The zero-order valence-corrected chi connectivity index (χ0v) is 15.0. The second kappa shape index (κ2) is 7.39. The van der Waals surface area contributed by atoms with E-state index in [2.05, 4.69) is 32.2 Å². The summed E-state index contributed by atoms with van der Waals surface area (Å²) in [4.78, 5) is 12.4. The normalized spacial score (nSPS) is 12.1. The van der Waals surface area contributed by atoms with Gasteiger partial charge in [-0.05, 0) is 67.6 Å². The first kappa shape index (κ1) is 17.9. The first-order chi connectivity index (χ1) is 11.3. The summed E-state index contributed by atoms with van der Waals surface area (Å²) < 4.78 is 5.79. The number of benzene rings is 2. The van der Waals surface area contributed by atoms with Crippen molar-refractivity contribution in [3.8, 4) is 5.75 Å². The molecule has 0 aliphatic heterocycles. The molecule has 4 nitrogen and oxygen atoms in total. The Morgan fingerprint density at radius 2 is 1.75 bits per heavy atom. The summed E-state index contributed by atoms with van der Waals surface area (Å²) in [6.07, 6.45) is -0.602. The van der Waals surface area contributed by atoms with Crippen LogP contribution in [-0.2, 0) is 4.79 Å². The SMILES string of the molecule is Cc1ccc(N)cc1NC(=O)C(C)Oc1ccc(C(C)C)c(C)c1. The van der Waals surface area contributed by atoms with Crippen LogP contribution in [0.4, 0.5) is 11.4 Å². The highest BCUT2D eigenvalue weighted by Crippen LogP contribution is 2.24. The topological polar surface area (TPSA) is 64.3 Å². The van der Waals surface area contributed by atoms with Gasteiger partial charge in [-0.25, -0.2) is 0 Å². The molecule has 0 radical (unpaired) electrons. The number of hydrogen-bond acceptors (Lipinski definition) is 3. The minimum Gasteiger partial charge on any atom is -0.481 e. The number of ether oxygens (including phenoxy) is 1. The Morgan fingerprint density at radius 1 is 1.04 bits per heavy atom. The van der Waals surface area contributed by atoms with E-state index in [1.807, 2.05) is 31.2 Å². The van der Waals surface area contributed by atoms with Crippen molar-refractivity contribution < 1.29 is 9.53 Å². The minimum atomic E-state index is -0.602. The van der Waals surface area contributed by atoms with Crippen LogP contribution in [0, 0.1) is 13.8 Å². The predicted octanol–water partition coefficient (Wildman–Crippen LogP) is 4.42. The Labute approximate surface area is 144 Å². The molecule has 0 bridgehead atoms. The van der Waals surface area contributed by atoms with Gasteiger partial charge in [0.2, 0.25) is 0 Å². The molecule has 0 aliphatic rings. The number of anilines is 2.